The maximum absolute atomic E-state index is 11.6. The Morgan fingerprint density at radius 2 is 1.78 bits per heavy atom. The molecule has 0 unspecified atom stereocenters. The van der Waals surface area contributed by atoms with Crippen LogP contribution in [0.25, 0.3) is 0 Å². The van der Waals surface area contributed by atoms with Gasteiger partial charge in [-0.3, -0.25) is 0 Å². The van der Waals surface area contributed by atoms with Crippen molar-refractivity contribution in [2.75, 3.05) is 20.2 Å². The van der Waals surface area contributed by atoms with E-state index in [0.717, 1.165) is 23.3 Å². The Morgan fingerprint density at radius 3 is 2.48 bits per heavy atom. The molecule has 0 heterocycles. The van der Waals surface area contributed by atoms with Gasteiger partial charge in [0.25, 0.3) is 0 Å². The van der Waals surface area contributed by atoms with Crippen LogP contribution in [0.15, 0.2) is 54.6 Å². The second-order valence-electron chi connectivity index (χ2n) is 4.88. The van der Waals surface area contributed by atoms with Gasteiger partial charge in [0.1, 0.15) is 5.75 Å². The molecule has 0 aliphatic heterocycles. The normalized spacial score (nSPS) is 9.43. The van der Waals surface area contributed by atoms with Gasteiger partial charge in [-0.15, -0.1) is 0 Å². The smallest absolute Gasteiger partial charge is 0.315 e. The van der Waals surface area contributed by atoms with E-state index in [2.05, 4.69) is 22.5 Å². The van der Waals surface area contributed by atoms with E-state index in [1.165, 1.54) is 0 Å². The fourth-order valence-electron chi connectivity index (χ4n) is 1.97. The number of amides is 2. The maximum atomic E-state index is 11.6. The average molecular weight is 308 g/mol. The van der Waals surface area contributed by atoms with Gasteiger partial charge in [0, 0.05) is 12.1 Å². The highest BCUT2D eigenvalue weighted by molar-refractivity contribution is 5.74. The summed E-state index contributed by atoms with van der Waals surface area (Å²) >= 11 is 0. The van der Waals surface area contributed by atoms with E-state index >= 15 is 0 Å². The van der Waals surface area contributed by atoms with E-state index in [9.17, 15) is 4.79 Å². The fourth-order valence-corrected chi connectivity index (χ4v) is 1.97. The van der Waals surface area contributed by atoms with Crippen molar-refractivity contribution in [3.05, 3.63) is 65.7 Å². The Bertz CT molecular complexity index is 670. The van der Waals surface area contributed by atoms with Crippen molar-refractivity contribution >= 4 is 6.03 Å². The Labute approximate surface area is 136 Å². The van der Waals surface area contributed by atoms with Crippen LogP contribution < -0.4 is 15.4 Å². The van der Waals surface area contributed by atoms with E-state index in [1.54, 1.807) is 7.11 Å². The quantitative estimate of drug-likeness (QED) is 0.834. The van der Waals surface area contributed by atoms with Crippen molar-refractivity contribution in [1.29, 1.82) is 0 Å². The highest BCUT2D eigenvalue weighted by atomic mass is 16.5. The number of benzene rings is 2. The van der Waals surface area contributed by atoms with E-state index in [-0.39, 0.29) is 6.03 Å². The molecule has 0 aliphatic carbocycles. The number of hydrogen-bond acceptors (Lipinski definition) is 2. The maximum Gasteiger partial charge on any atom is 0.315 e. The van der Waals surface area contributed by atoms with Crippen molar-refractivity contribution in [2.24, 2.45) is 0 Å². The molecule has 0 aliphatic rings. The highest BCUT2D eigenvalue weighted by Crippen LogP contribution is 2.11. The minimum absolute atomic E-state index is 0.208. The van der Waals surface area contributed by atoms with Crippen LogP contribution in [0.2, 0.25) is 0 Å². The number of methoxy groups -OCH3 is 1. The third-order valence-corrected chi connectivity index (χ3v) is 3.20. The number of nitrogens with one attached hydrogen (secondary N) is 2. The predicted molar refractivity (Wildman–Crippen MR) is 91.4 cm³/mol. The molecule has 0 radical (unpaired) electrons. The summed E-state index contributed by atoms with van der Waals surface area (Å²) in [5, 5.41) is 5.52. The van der Waals surface area contributed by atoms with Crippen molar-refractivity contribution in [2.45, 2.75) is 6.42 Å². The number of carbonyl (C=O) groups excluding carboxylic acids is 1. The molecule has 2 rings (SSSR count). The first-order valence-electron chi connectivity index (χ1n) is 7.46. The van der Waals surface area contributed by atoms with Crippen LogP contribution in [-0.2, 0) is 6.42 Å². The van der Waals surface area contributed by atoms with Gasteiger partial charge in [-0.25, -0.2) is 4.79 Å². The topological polar surface area (TPSA) is 50.4 Å². The number of hydrogen-bond donors (Lipinski definition) is 2. The third-order valence-electron chi connectivity index (χ3n) is 3.20. The van der Waals surface area contributed by atoms with Crippen molar-refractivity contribution in [3.8, 4) is 17.6 Å². The number of carbonyl (C=O) groups is 1. The Balaban J connectivity index is 1.64. The zero-order valence-corrected chi connectivity index (χ0v) is 13.1. The molecule has 0 atom stereocenters. The van der Waals surface area contributed by atoms with Crippen LogP contribution in [0, 0.1) is 11.8 Å². The molecule has 0 saturated carbocycles. The van der Waals surface area contributed by atoms with Gasteiger partial charge in [-0.05, 0) is 36.2 Å². The standard InChI is InChI=1S/C19H20N2O2/c1-23-18-11-9-17(10-12-18)13-15-21-19(22)20-14-5-8-16-6-3-2-4-7-16/h2-4,6-7,9-12H,13-15H2,1H3,(H2,20,21,22). The monoisotopic (exact) mass is 308 g/mol. The number of urea groups is 1. The van der Waals surface area contributed by atoms with E-state index in [0.29, 0.717) is 13.1 Å². The molecule has 4 heteroatoms. The zero-order valence-electron chi connectivity index (χ0n) is 13.1. The van der Waals surface area contributed by atoms with Gasteiger partial charge < -0.3 is 15.4 Å². The Hall–Kier alpha value is -2.93. The molecule has 0 saturated heterocycles. The molecular formula is C19H20N2O2. The van der Waals surface area contributed by atoms with Crippen LogP contribution in [0.1, 0.15) is 11.1 Å². The summed E-state index contributed by atoms with van der Waals surface area (Å²) in [6, 6.07) is 17.3. The number of ether oxygens (including phenoxy) is 1. The first-order valence-corrected chi connectivity index (χ1v) is 7.46. The Kier molecular flexibility index (Phi) is 6.55. The van der Waals surface area contributed by atoms with Crippen molar-refractivity contribution < 1.29 is 9.53 Å². The lowest BCUT2D eigenvalue weighted by molar-refractivity contribution is 0.242. The number of rotatable bonds is 5. The van der Waals surface area contributed by atoms with Gasteiger partial charge in [0.15, 0.2) is 0 Å². The molecule has 4 nitrogen and oxygen atoms in total. The van der Waals surface area contributed by atoms with E-state index < -0.39 is 0 Å². The molecule has 23 heavy (non-hydrogen) atoms. The summed E-state index contributed by atoms with van der Waals surface area (Å²) in [6.07, 6.45) is 0.771. The van der Waals surface area contributed by atoms with Gasteiger partial charge in [0.2, 0.25) is 0 Å². The summed E-state index contributed by atoms with van der Waals surface area (Å²) in [7, 11) is 1.64. The summed E-state index contributed by atoms with van der Waals surface area (Å²) in [6.45, 7) is 0.896. The molecule has 2 N–H and O–H groups in total. The van der Waals surface area contributed by atoms with Gasteiger partial charge in [0.05, 0.1) is 13.7 Å². The first kappa shape index (κ1) is 16.4. The average Bonchev–Trinajstić information content (AvgIpc) is 2.60. The summed E-state index contributed by atoms with van der Waals surface area (Å²) in [5.41, 5.74) is 2.09. The predicted octanol–water partition coefficient (Wildman–Crippen LogP) is 2.59. The Morgan fingerprint density at radius 1 is 1.04 bits per heavy atom. The zero-order chi connectivity index (χ0) is 16.3. The van der Waals surface area contributed by atoms with Crippen molar-refractivity contribution in [1.82, 2.24) is 10.6 Å². The second-order valence-corrected chi connectivity index (χ2v) is 4.88. The lowest BCUT2D eigenvalue weighted by Crippen LogP contribution is -2.36. The van der Waals surface area contributed by atoms with Crippen LogP contribution >= 0.6 is 0 Å². The second kappa shape index (κ2) is 9.16. The largest absolute Gasteiger partial charge is 0.497 e. The molecular weight excluding hydrogens is 288 g/mol. The summed E-state index contributed by atoms with van der Waals surface area (Å²) in [5.74, 6) is 6.74. The molecule has 0 bridgehead atoms. The van der Waals surface area contributed by atoms with Crippen molar-refractivity contribution in [3.63, 3.8) is 0 Å². The van der Waals surface area contributed by atoms with Crippen LogP contribution in [0.3, 0.4) is 0 Å². The van der Waals surface area contributed by atoms with Crippen LogP contribution in [0.4, 0.5) is 4.79 Å². The molecule has 0 aromatic heterocycles. The highest BCUT2D eigenvalue weighted by Gasteiger charge is 1.98. The summed E-state index contributed by atoms with van der Waals surface area (Å²) in [4.78, 5) is 11.6. The van der Waals surface area contributed by atoms with Gasteiger partial charge in [-0.2, -0.15) is 0 Å². The molecule has 118 valence electrons. The van der Waals surface area contributed by atoms with Gasteiger partial charge >= 0.3 is 6.03 Å². The van der Waals surface area contributed by atoms with E-state index in [1.807, 2.05) is 54.6 Å². The molecule has 0 spiro atoms. The molecule has 2 amide bonds. The molecule has 0 fully saturated rings. The van der Waals surface area contributed by atoms with Gasteiger partial charge in [-0.1, -0.05) is 42.2 Å². The molecule has 2 aromatic carbocycles. The van der Waals surface area contributed by atoms with Crippen LogP contribution in [0.5, 0.6) is 5.75 Å². The SMILES string of the molecule is COc1ccc(CCNC(=O)NCC#Cc2ccccc2)cc1. The fraction of sp³-hybridized carbons (Fsp3) is 0.211. The lowest BCUT2D eigenvalue weighted by Gasteiger charge is -2.06. The van der Waals surface area contributed by atoms with Crippen LogP contribution in [-0.4, -0.2) is 26.2 Å². The minimum Gasteiger partial charge on any atom is -0.497 e. The van der Waals surface area contributed by atoms with E-state index in [4.69, 9.17) is 4.74 Å². The third kappa shape index (κ3) is 6.15. The lowest BCUT2D eigenvalue weighted by atomic mass is 10.1. The molecule has 2 aromatic rings. The first-order chi connectivity index (χ1) is 11.3. The minimum atomic E-state index is -0.208. The summed E-state index contributed by atoms with van der Waals surface area (Å²) < 4.78 is 5.11.